The van der Waals surface area contributed by atoms with E-state index in [1.54, 1.807) is 0 Å². The maximum atomic E-state index is 12.7. The van der Waals surface area contributed by atoms with E-state index in [0.29, 0.717) is 11.8 Å². The first-order valence-electron chi connectivity index (χ1n) is 9.51. The van der Waals surface area contributed by atoms with Crippen LogP contribution in [0.3, 0.4) is 0 Å². The predicted molar refractivity (Wildman–Crippen MR) is 122 cm³/mol. The molecule has 2 unspecified atom stereocenters. The number of thiophene rings is 1. The second-order valence-corrected chi connectivity index (χ2v) is 8.45. The molecule has 2 atom stereocenters. The highest BCUT2D eigenvalue weighted by Gasteiger charge is 2.30. The van der Waals surface area contributed by atoms with E-state index in [0.717, 1.165) is 38.7 Å². The van der Waals surface area contributed by atoms with Gasteiger partial charge in [0.1, 0.15) is 0 Å². The molecule has 0 spiro atoms. The first kappa shape index (κ1) is 19.7. The lowest BCUT2D eigenvalue weighted by Crippen LogP contribution is -2.21. The van der Waals surface area contributed by atoms with Gasteiger partial charge in [0, 0.05) is 17.3 Å². The summed E-state index contributed by atoms with van der Waals surface area (Å²) < 4.78 is 0. The number of hydrazone groups is 1. The van der Waals surface area contributed by atoms with E-state index in [1.807, 2.05) is 48.7 Å². The molecule has 0 bridgehead atoms. The summed E-state index contributed by atoms with van der Waals surface area (Å²) in [4.78, 5) is 13.5. The van der Waals surface area contributed by atoms with Crippen LogP contribution in [0.5, 0.6) is 0 Å². The van der Waals surface area contributed by atoms with Gasteiger partial charge in [-0.05, 0) is 59.2 Å². The van der Waals surface area contributed by atoms with Crippen molar-refractivity contribution in [2.45, 2.75) is 19.7 Å². The number of carbonyl (C=O) groups excluding carboxylic acids is 1. The molecule has 4 nitrogen and oxygen atoms in total. The van der Waals surface area contributed by atoms with E-state index in [2.05, 4.69) is 41.0 Å². The molecule has 2 aliphatic rings. The molecule has 1 amide bonds. The first-order valence-corrected chi connectivity index (χ1v) is 10.9. The second-order valence-electron chi connectivity index (χ2n) is 7.27. The van der Waals surface area contributed by atoms with Crippen LogP contribution in [0.4, 0.5) is 5.69 Å². The van der Waals surface area contributed by atoms with E-state index < -0.39 is 0 Å². The normalized spacial score (nSPS) is 20.2. The molecule has 1 aromatic carbocycles. The zero-order valence-corrected chi connectivity index (χ0v) is 17.8. The lowest BCUT2D eigenvalue weighted by atomic mass is 9.84. The molecule has 148 valence electrons. The zero-order chi connectivity index (χ0) is 20.4. The minimum atomic E-state index is -0.102. The fourth-order valence-electron chi connectivity index (χ4n) is 3.61. The molecule has 0 saturated heterocycles. The van der Waals surface area contributed by atoms with Crippen molar-refractivity contribution >= 4 is 46.3 Å². The van der Waals surface area contributed by atoms with Gasteiger partial charge in [-0.2, -0.15) is 5.10 Å². The Kier molecular flexibility index (Phi) is 5.69. The van der Waals surface area contributed by atoms with Crippen LogP contribution >= 0.6 is 22.9 Å². The summed E-state index contributed by atoms with van der Waals surface area (Å²) in [6.45, 7) is 4.13. The molecule has 1 aliphatic carbocycles. The van der Waals surface area contributed by atoms with Crippen LogP contribution in [0.15, 0.2) is 64.7 Å². The number of aryl methyl sites for hydroxylation is 1. The van der Waals surface area contributed by atoms with Gasteiger partial charge in [-0.25, -0.2) is 0 Å². The lowest BCUT2D eigenvalue weighted by molar-refractivity contribution is 0.103. The topological polar surface area (TPSA) is 53.5 Å². The summed E-state index contributed by atoms with van der Waals surface area (Å²) in [5.41, 5.74) is 8.83. The van der Waals surface area contributed by atoms with Crippen molar-refractivity contribution in [1.29, 1.82) is 0 Å². The Labute approximate surface area is 179 Å². The maximum absolute atomic E-state index is 12.7. The molecule has 1 aliphatic heterocycles. The minimum Gasteiger partial charge on any atom is -0.321 e. The third-order valence-electron chi connectivity index (χ3n) is 5.21. The number of anilines is 1. The van der Waals surface area contributed by atoms with Gasteiger partial charge in [0.2, 0.25) is 0 Å². The smallest absolute Gasteiger partial charge is 0.266 e. The van der Waals surface area contributed by atoms with Crippen LogP contribution < -0.4 is 10.7 Å². The highest BCUT2D eigenvalue weighted by atomic mass is 35.5. The SMILES string of the molecule is Cc1ccsc1C(=O)Nc1cc(CCl)ccc1/C=C/C1=NNC2=CC=CC(C)C21. The molecular weight excluding hydrogens is 402 g/mol. The van der Waals surface area contributed by atoms with Crippen LogP contribution in [0.2, 0.25) is 0 Å². The van der Waals surface area contributed by atoms with Crippen molar-refractivity contribution < 1.29 is 4.79 Å². The highest BCUT2D eigenvalue weighted by Crippen LogP contribution is 2.31. The van der Waals surface area contributed by atoms with Crippen molar-refractivity contribution in [2.24, 2.45) is 16.9 Å². The third-order valence-corrected chi connectivity index (χ3v) is 6.53. The van der Waals surface area contributed by atoms with Gasteiger partial charge < -0.3 is 5.32 Å². The van der Waals surface area contributed by atoms with Gasteiger partial charge in [0.25, 0.3) is 5.91 Å². The van der Waals surface area contributed by atoms with E-state index in [4.69, 9.17) is 11.6 Å². The monoisotopic (exact) mass is 423 g/mol. The Balaban J connectivity index is 1.60. The average molecular weight is 424 g/mol. The van der Waals surface area contributed by atoms with Crippen LogP contribution in [-0.2, 0) is 5.88 Å². The summed E-state index contributed by atoms with van der Waals surface area (Å²) in [6, 6.07) is 7.84. The first-order chi connectivity index (χ1) is 14.1. The number of nitrogens with one attached hydrogen (secondary N) is 2. The largest absolute Gasteiger partial charge is 0.321 e. The van der Waals surface area contributed by atoms with Crippen LogP contribution in [-0.4, -0.2) is 11.6 Å². The van der Waals surface area contributed by atoms with Gasteiger partial charge in [0.15, 0.2) is 0 Å². The van der Waals surface area contributed by atoms with Crippen LogP contribution in [0.25, 0.3) is 6.08 Å². The standard InChI is InChI=1S/C23H22ClN3OS/c1-14-4-3-5-18-21(14)19(27-26-18)9-8-17-7-6-16(13-24)12-20(17)25-23(28)22-15(2)10-11-29-22/h3-12,14,21,26H,13H2,1-2H3,(H,25,28)/b9-8+. The number of carbonyl (C=O) groups is 1. The number of benzene rings is 1. The van der Waals surface area contributed by atoms with Crippen molar-refractivity contribution in [3.05, 3.63) is 81.2 Å². The fourth-order valence-corrected chi connectivity index (χ4v) is 4.59. The number of halogens is 1. The Hall–Kier alpha value is -2.63. The molecule has 0 fully saturated rings. The summed E-state index contributed by atoms with van der Waals surface area (Å²) in [5, 5.41) is 9.47. The predicted octanol–water partition coefficient (Wildman–Crippen LogP) is 5.73. The summed E-state index contributed by atoms with van der Waals surface area (Å²) in [5.74, 6) is 0.912. The van der Waals surface area contributed by atoms with E-state index >= 15 is 0 Å². The van der Waals surface area contributed by atoms with Crippen molar-refractivity contribution in [1.82, 2.24) is 5.43 Å². The number of alkyl halides is 1. The molecule has 1 aromatic heterocycles. The van der Waals surface area contributed by atoms with Gasteiger partial charge in [0.05, 0.1) is 16.5 Å². The molecule has 0 radical (unpaired) electrons. The highest BCUT2D eigenvalue weighted by molar-refractivity contribution is 7.12. The van der Waals surface area contributed by atoms with Gasteiger partial charge >= 0.3 is 0 Å². The number of nitrogens with zero attached hydrogens (tertiary/aromatic N) is 1. The number of fused-ring (bicyclic) bond motifs is 1. The number of rotatable bonds is 5. The lowest BCUT2D eigenvalue weighted by Gasteiger charge is -2.20. The molecule has 6 heteroatoms. The number of amides is 1. The van der Waals surface area contributed by atoms with Crippen LogP contribution in [0, 0.1) is 18.8 Å². The van der Waals surface area contributed by atoms with Gasteiger partial charge in [-0.15, -0.1) is 22.9 Å². The van der Waals surface area contributed by atoms with Crippen LogP contribution in [0.1, 0.15) is 33.3 Å². The number of hydrogen-bond donors (Lipinski definition) is 2. The molecule has 2 heterocycles. The molecule has 4 rings (SSSR count). The molecule has 2 aromatic rings. The number of hydrogen-bond acceptors (Lipinski definition) is 4. The summed E-state index contributed by atoms with van der Waals surface area (Å²) >= 11 is 7.46. The second kappa shape index (κ2) is 8.39. The fraction of sp³-hybridized carbons (Fsp3) is 0.217. The van der Waals surface area contributed by atoms with Crippen molar-refractivity contribution in [2.75, 3.05) is 5.32 Å². The molecule has 29 heavy (non-hydrogen) atoms. The molecule has 2 N–H and O–H groups in total. The number of allylic oxidation sites excluding steroid dienone is 5. The quantitative estimate of drug-likeness (QED) is 0.603. The summed E-state index contributed by atoms with van der Waals surface area (Å²) in [6.07, 6.45) is 10.4. The minimum absolute atomic E-state index is 0.102. The Morgan fingerprint density at radius 3 is 2.97 bits per heavy atom. The Morgan fingerprint density at radius 1 is 1.34 bits per heavy atom. The molecule has 0 saturated carbocycles. The Morgan fingerprint density at radius 2 is 2.21 bits per heavy atom. The van der Waals surface area contributed by atoms with E-state index in [-0.39, 0.29) is 11.8 Å². The van der Waals surface area contributed by atoms with E-state index in [9.17, 15) is 4.79 Å². The third kappa shape index (κ3) is 4.07. The van der Waals surface area contributed by atoms with Gasteiger partial charge in [-0.3, -0.25) is 10.2 Å². The summed E-state index contributed by atoms with van der Waals surface area (Å²) in [7, 11) is 0. The van der Waals surface area contributed by atoms with Crippen molar-refractivity contribution in [3.8, 4) is 0 Å². The van der Waals surface area contributed by atoms with Gasteiger partial charge in [-0.1, -0.05) is 37.3 Å². The average Bonchev–Trinajstić information content (AvgIpc) is 3.33. The zero-order valence-electron chi connectivity index (χ0n) is 16.3. The van der Waals surface area contributed by atoms with Crippen molar-refractivity contribution in [3.63, 3.8) is 0 Å². The Bertz CT molecular complexity index is 1060. The molecular formula is C23H22ClN3OS. The van der Waals surface area contributed by atoms with E-state index in [1.165, 1.54) is 11.3 Å². The maximum Gasteiger partial charge on any atom is 0.266 e.